The molecule has 0 aromatic carbocycles. The summed E-state index contributed by atoms with van der Waals surface area (Å²) in [6.45, 7) is 4.64. The molecule has 0 saturated carbocycles. The van der Waals surface area contributed by atoms with E-state index in [1.165, 1.54) is 0 Å². The summed E-state index contributed by atoms with van der Waals surface area (Å²) in [7, 11) is 0. The van der Waals surface area contributed by atoms with Gasteiger partial charge in [0.1, 0.15) is 6.04 Å². The first kappa shape index (κ1) is 15.6. The van der Waals surface area contributed by atoms with Gasteiger partial charge in [0.05, 0.1) is 0 Å². The molecule has 3 amide bonds. The van der Waals surface area contributed by atoms with Crippen molar-refractivity contribution in [2.75, 3.05) is 13.1 Å². The number of carboxylic acids is 1. The van der Waals surface area contributed by atoms with E-state index < -0.39 is 12.0 Å². The van der Waals surface area contributed by atoms with Gasteiger partial charge in [-0.1, -0.05) is 13.8 Å². The van der Waals surface area contributed by atoms with Crippen LogP contribution in [0.5, 0.6) is 0 Å². The Morgan fingerprint density at radius 3 is 2.71 bits per heavy atom. The van der Waals surface area contributed by atoms with Crippen LogP contribution in [0, 0.1) is 11.8 Å². The Balaban J connectivity index is 1.92. The maximum atomic E-state index is 12.2. The number of carbonyl (C=O) groups excluding carboxylic acids is 2. The van der Waals surface area contributed by atoms with Crippen LogP contribution in [0.2, 0.25) is 0 Å². The molecule has 118 valence electrons. The van der Waals surface area contributed by atoms with Crippen molar-refractivity contribution in [1.29, 1.82) is 0 Å². The predicted molar refractivity (Wildman–Crippen MR) is 75.6 cm³/mol. The number of aliphatic carboxylic acids is 1. The van der Waals surface area contributed by atoms with Crippen molar-refractivity contribution in [3.05, 3.63) is 0 Å². The molecule has 2 aliphatic rings. The molecule has 7 heteroatoms. The number of hydrogen-bond acceptors (Lipinski definition) is 3. The molecule has 0 bridgehead atoms. The number of rotatable bonds is 3. The number of urea groups is 1. The van der Waals surface area contributed by atoms with Gasteiger partial charge in [-0.3, -0.25) is 4.79 Å². The average molecular weight is 297 g/mol. The van der Waals surface area contributed by atoms with E-state index >= 15 is 0 Å². The van der Waals surface area contributed by atoms with Crippen molar-refractivity contribution < 1.29 is 19.5 Å². The van der Waals surface area contributed by atoms with E-state index in [0.717, 1.165) is 12.8 Å². The molecule has 3 N–H and O–H groups in total. The molecule has 2 aliphatic heterocycles. The maximum absolute atomic E-state index is 12.2. The SMILES string of the molecule is CC(C)C(NC(=O)N1CCC2NC(=O)CCC2C1)C(=O)O. The third-order valence-corrected chi connectivity index (χ3v) is 4.32. The summed E-state index contributed by atoms with van der Waals surface area (Å²) >= 11 is 0. The Kier molecular flexibility index (Phi) is 4.69. The zero-order chi connectivity index (χ0) is 15.6. The molecule has 3 unspecified atom stereocenters. The first-order chi connectivity index (χ1) is 9.88. The number of amides is 3. The second-order valence-corrected chi connectivity index (χ2v) is 6.22. The number of fused-ring (bicyclic) bond motifs is 1. The molecule has 0 spiro atoms. The number of hydrogen-bond donors (Lipinski definition) is 3. The largest absolute Gasteiger partial charge is 0.480 e. The Bertz CT molecular complexity index is 438. The lowest BCUT2D eigenvalue weighted by Crippen LogP contribution is -2.58. The van der Waals surface area contributed by atoms with E-state index in [1.807, 2.05) is 0 Å². The number of nitrogens with one attached hydrogen (secondary N) is 2. The third kappa shape index (κ3) is 3.65. The highest BCUT2D eigenvalue weighted by Gasteiger charge is 2.36. The number of carboxylic acid groups (broad SMARTS) is 1. The molecule has 3 atom stereocenters. The normalized spacial score (nSPS) is 26.8. The van der Waals surface area contributed by atoms with Crippen molar-refractivity contribution in [3.63, 3.8) is 0 Å². The van der Waals surface area contributed by atoms with Gasteiger partial charge < -0.3 is 20.6 Å². The Morgan fingerprint density at radius 2 is 2.10 bits per heavy atom. The topological polar surface area (TPSA) is 98.7 Å². The van der Waals surface area contributed by atoms with E-state index in [-0.39, 0.29) is 29.8 Å². The maximum Gasteiger partial charge on any atom is 0.326 e. The molecule has 2 heterocycles. The second kappa shape index (κ2) is 6.32. The predicted octanol–water partition coefficient (Wildman–Crippen LogP) is 0.406. The van der Waals surface area contributed by atoms with Gasteiger partial charge >= 0.3 is 12.0 Å². The highest BCUT2D eigenvalue weighted by Crippen LogP contribution is 2.25. The van der Waals surface area contributed by atoms with Crippen LogP contribution in [0.25, 0.3) is 0 Å². The summed E-state index contributed by atoms with van der Waals surface area (Å²) < 4.78 is 0. The zero-order valence-electron chi connectivity index (χ0n) is 12.5. The molecule has 0 aromatic heterocycles. The fraction of sp³-hybridized carbons (Fsp3) is 0.786. The van der Waals surface area contributed by atoms with E-state index in [0.29, 0.717) is 19.5 Å². The van der Waals surface area contributed by atoms with Crippen LogP contribution < -0.4 is 10.6 Å². The highest BCUT2D eigenvalue weighted by atomic mass is 16.4. The fourth-order valence-corrected chi connectivity index (χ4v) is 3.03. The smallest absolute Gasteiger partial charge is 0.326 e. The van der Waals surface area contributed by atoms with E-state index in [1.54, 1.807) is 18.7 Å². The van der Waals surface area contributed by atoms with Crippen LogP contribution in [0.1, 0.15) is 33.1 Å². The standard InChI is InChI=1S/C14H23N3O4/c1-8(2)12(13(19)20)16-14(21)17-6-5-10-9(7-17)3-4-11(18)15-10/h8-10,12H,3-7H2,1-2H3,(H,15,18)(H,16,21)(H,19,20). The van der Waals surface area contributed by atoms with E-state index in [2.05, 4.69) is 10.6 Å². The second-order valence-electron chi connectivity index (χ2n) is 6.22. The summed E-state index contributed by atoms with van der Waals surface area (Å²) in [5, 5.41) is 14.7. The van der Waals surface area contributed by atoms with Crippen LogP contribution in [0.3, 0.4) is 0 Å². The lowest BCUT2D eigenvalue weighted by Gasteiger charge is -2.41. The third-order valence-electron chi connectivity index (χ3n) is 4.32. The molecule has 7 nitrogen and oxygen atoms in total. The summed E-state index contributed by atoms with van der Waals surface area (Å²) in [5.41, 5.74) is 0. The van der Waals surface area contributed by atoms with Crippen molar-refractivity contribution >= 4 is 17.9 Å². The molecular formula is C14H23N3O4. The molecule has 0 aliphatic carbocycles. The van der Waals surface area contributed by atoms with Crippen LogP contribution in [0.15, 0.2) is 0 Å². The quantitative estimate of drug-likeness (QED) is 0.702. The molecule has 2 saturated heterocycles. The molecule has 2 fully saturated rings. The minimum atomic E-state index is -1.02. The van der Waals surface area contributed by atoms with Gasteiger partial charge in [-0.2, -0.15) is 0 Å². The Labute approximate surface area is 124 Å². The van der Waals surface area contributed by atoms with Crippen molar-refractivity contribution in [2.45, 2.75) is 45.2 Å². The summed E-state index contributed by atoms with van der Waals surface area (Å²) in [5.74, 6) is -0.833. The lowest BCUT2D eigenvalue weighted by molar-refractivity contribution is -0.140. The zero-order valence-corrected chi connectivity index (χ0v) is 12.5. The van der Waals surface area contributed by atoms with Crippen molar-refractivity contribution in [3.8, 4) is 0 Å². The molecule has 0 radical (unpaired) electrons. The monoisotopic (exact) mass is 297 g/mol. The van der Waals surface area contributed by atoms with Crippen molar-refractivity contribution in [2.24, 2.45) is 11.8 Å². The summed E-state index contributed by atoms with van der Waals surface area (Å²) in [6, 6.07) is -1.05. The van der Waals surface area contributed by atoms with Gasteiger partial charge in [0.25, 0.3) is 0 Å². The highest BCUT2D eigenvalue weighted by molar-refractivity contribution is 5.83. The van der Waals surface area contributed by atoms with Gasteiger partial charge in [-0.25, -0.2) is 9.59 Å². The van der Waals surface area contributed by atoms with E-state index in [9.17, 15) is 14.4 Å². The number of piperidine rings is 2. The van der Waals surface area contributed by atoms with Gasteiger partial charge in [-0.05, 0) is 24.7 Å². The first-order valence-electron chi connectivity index (χ1n) is 7.46. The van der Waals surface area contributed by atoms with Gasteiger partial charge in [0.2, 0.25) is 5.91 Å². The summed E-state index contributed by atoms with van der Waals surface area (Å²) in [4.78, 5) is 36.4. The fourth-order valence-electron chi connectivity index (χ4n) is 3.03. The van der Waals surface area contributed by atoms with E-state index in [4.69, 9.17) is 5.11 Å². The molecular weight excluding hydrogens is 274 g/mol. The van der Waals surface area contributed by atoms with Crippen molar-refractivity contribution in [1.82, 2.24) is 15.5 Å². The van der Waals surface area contributed by atoms with Gasteiger partial charge in [0, 0.05) is 25.6 Å². The van der Waals surface area contributed by atoms with Crippen LogP contribution >= 0.6 is 0 Å². The van der Waals surface area contributed by atoms with Crippen LogP contribution in [0.4, 0.5) is 4.79 Å². The summed E-state index contributed by atoms with van der Waals surface area (Å²) in [6.07, 6.45) is 2.01. The number of carbonyl (C=O) groups is 3. The molecule has 0 aromatic rings. The number of likely N-dealkylation sites (tertiary alicyclic amines) is 1. The Morgan fingerprint density at radius 1 is 1.38 bits per heavy atom. The first-order valence-corrected chi connectivity index (χ1v) is 7.46. The molecule has 21 heavy (non-hydrogen) atoms. The molecule has 2 rings (SSSR count). The minimum Gasteiger partial charge on any atom is -0.480 e. The minimum absolute atomic E-state index is 0.0832. The van der Waals surface area contributed by atoms with Gasteiger partial charge in [-0.15, -0.1) is 0 Å². The van der Waals surface area contributed by atoms with Gasteiger partial charge in [0.15, 0.2) is 0 Å². The lowest BCUT2D eigenvalue weighted by atomic mass is 9.85. The average Bonchev–Trinajstić information content (AvgIpc) is 2.43. The Hall–Kier alpha value is -1.79. The van der Waals surface area contributed by atoms with Crippen LogP contribution in [-0.4, -0.2) is 53.1 Å². The van der Waals surface area contributed by atoms with Crippen LogP contribution in [-0.2, 0) is 9.59 Å². The number of nitrogens with zero attached hydrogens (tertiary/aromatic N) is 1.